The van der Waals surface area contributed by atoms with Crippen LogP contribution in [0.1, 0.15) is 5.56 Å². The molecule has 2 aromatic rings. The first-order valence-corrected chi connectivity index (χ1v) is 5.56. The van der Waals surface area contributed by atoms with Gasteiger partial charge < -0.3 is 4.74 Å². The average molecular weight is 239 g/mol. The second kappa shape index (κ2) is 5.27. The van der Waals surface area contributed by atoms with Crippen molar-refractivity contribution in [2.24, 2.45) is 0 Å². The minimum absolute atomic E-state index is 0.417. The molecule has 90 valence electrons. The third kappa shape index (κ3) is 2.63. The van der Waals surface area contributed by atoms with E-state index in [0.29, 0.717) is 5.75 Å². The molecule has 18 heavy (non-hydrogen) atoms. The van der Waals surface area contributed by atoms with Crippen LogP contribution in [0.15, 0.2) is 55.4 Å². The van der Waals surface area contributed by atoms with E-state index >= 15 is 0 Å². The monoisotopic (exact) mass is 239 g/mol. The zero-order valence-electron chi connectivity index (χ0n) is 10.1. The first-order valence-electron chi connectivity index (χ1n) is 5.56. The Morgan fingerprint density at radius 2 is 2.11 bits per heavy atom. The predicted molar refractivity (Wildman–Crippen MR) is 70.2 cm³/mol. The largest absolute Gasteiger partial charge is 0.422 e. The molecule has 2 rings (SSSR count). The molecular formula is C15H13NO2. The van der Waals surface area contributed by atoms with Crippen molar-refractivity contribution in [2.45, 2.75) is 6.92 Å². The van der Waals surface area contributed by atoms with Gasteiger partial charge in [0, 0.05) is 17.8 Å². The van der Waals surface area contributed by atoms with E-state index in [4.69, 9.17) is 4.74 Å². The number of carbonyl (C=O) groups excluding carboxylic acids is 1. The van der Waals surface area contributed by atoms with E-state index < -0.39 is 5.97 Å². The summed E-state index contributed by atoms with van der Waals surface area (Å²) >= 11 is 0. The molecule has 0 aliphatic heterocycles. The SMILES string of the molecule is C=CC(=O)Oc1cncc(-c2ccccc2C)c1. The van der Waals surface area contributed by atoms with Gasteiger partial charge in [0.1, 0.15) is 5.75 Å². The Bertz CT molecular complexity index is 591. The van der Waals surface area contributed by atoms with Gasteiger partial charge in [-0.1, -0.05) is 30.8 Å². The molecule has 0 N–H and O–H groups in total. The highest BCUT2D eigenvalue weighted by Gasteiger charge is 2.05. The molecule has 0 fully saturated rings. The number of aryl methyl sites for hydroxylation is 1. The van der Waals surface area contributed by atoms with E-state index in [1.54, 1.807) is 12.3 Å². The molecule has 0 radical (unpaired) electrons. The molecule has 3 heteroatoms. The van der Waals surface area contributed by atoms with Crippen LogP contribution < -0.4 is 4.74 Å². The highest BCUT2D eigenvalue weighted by atomic mass is 16.5. The molecule has 0 aliphatic rings. The lowest BCUT2D eigenvalue weighted by Gasteiger charge is -2.07. The summed E-state index contributed by atoms with van der Waals surface area (Å²) in [4.78, 5) is 15.2. The molecule has 0 unspecified atom stereocenters. The predicted octanol–water partition coefficient (Wildman–Crippen LogP) is 3.15. The van der Waals surface area contributed by atoms with E-state index in [0.717, 1.165) is 22.8 Å². The van der Waals surface area contributed by atoms with Gasteiger partial charge in [-0.15, -0.1) is 0 Å². The average Bonchev–Trinajstić information content (AvgIpc) is 2.39. The maximum Gasteiger partial charge on any atom is 0.335 e. The number of hydrogen-bond acceptors (Lipinski definition) is 3. The number of nitrogens with zero attached hydrogens (tertiary/aromatic N) is 1. The Morgan fingerprint density at radius 1 is 1.33 bits per heavy atom. The summed E-state index contributed by atoms with van der Waals surface area (Å²) in [5.74, 6) is -0.0700. The Morgan fingerprint density at radius 3 is 2.83 bits per heavy atom. The molecule has 0 bridgehead atoms. The van der Waals surface area contributed by atoms with Crippen LogP contribution in [0.2, 0.25) is 0 Å². The molecular weight excluding hydrogens is 226 g/mol. The van der Waals surface area contributed by atoms with E-state index in [-0.39, 0.29) is 0 Å². The zero-order chi connectivity index (χ0) is 13.0. The van der Waals surface area contributed by atoms with Gasteiger partial charge in [-0.25, -0.2) is 4.79 Å². The van der Waals surface area contributed by atoms with Gasteiger partial charge in [0.25, 0.3) is 0 Å². The summed E-state index contributed by atoms with van der Waals surface area (Å²) in [5, 5.41) is 0. The quantitative estimate of drug-likeness (QED) is 0.610. The lowest BCUT2D eigenvalue weighted by atomic mass is 10.0. The van der Waals surface area contributed by atoms with Gasteiger partial charge in [0.2, 0.25) is 0 Å². The van der Waals surface area contributed by atoms with Gasteiger partial charge in [-0.3, -0.25) is 4.98 Å². The van der Waals surface area contributed by atoms with E-state index in [1.807, 2.05) is 31.2 Å². The third-order valence-corrected chi connectivity index (χ3v) is 2.55. The fourth-order valence-electron chi connectivity index (χ4n) is 1.68. The van der Waals surface area contributed by atoms with Crippen molar-refractivity contribution in [1.82, 2.24) is 4.98 Å². The van der Waals surface area contributed by atoms with Crippen LogP contribution in [0.4, 0.5) is 0 Å². The van der Waals surface area contributed by atoms with Crippen LogP contribution in [0.5, 0.6) is 5.75 Å². The molecule has 0 saturated carbocycles. The van der Waals surface area contributed by atoms with Gasteiger partial charge in [-0.2, -0.15) is 0 Å². The number of ether oxygens (including phenoxy) is 1. The minimum atomic E-state index is -0.487. The number of benzene rings is 1. The maximum absolute atomic E-state index is 11.1. The van der Waals surface area contributed by atoms with E-state index in [2.05, 4.69) is 11.6 Å². The summed E-state index contributed by atoms with van der Waals surface area (Å²) in [6.45, 7) is 5.38. The number of aromatic nitrogens is 1. The summed E-state index contributed by atoms with van der Waals surface area (Å²) in [5.41, 5.74) is 3.13. The standard InChI is InChI=1S/C15H13NO2/c1-3-15(17)18-13-8-12(9-16-10-13)14-7-5-4-6-11(14)2/h3-10H,1H2,2H3. The van der Waals surface area contributed by atoms with Crippen LogP contribution in [0, 0.1) is 6.92 Å². The number of carbonyl (C=O) groups is 1. The minimum Gasteiger partial charge on any atom is -0.422 e. The molecule has 0 spiro atoms. The smallest absolute Gasteiger partial charge is 0.335 e. The van der Waals surface area contributed by atoms with Gasteiger partial charge in [-0.05, 0) is 24.1 Å². The summed E-state index contributed by atoms with van der Waals surface area (Å²) in [6, 6.07) is 9.76. The molecule has 0 aliphatic carbocycles. The molecule has 1 heterocycles. The Kier molecular flexibility index (Phi) is 3.53. The molecule has 3 nitrogen and oxygen atoms in total. The fourth-order valence-corrected chi connectivity index (χ4v) is 1.68. The van der Waals surface area contributed by atoms with Crippen molar-refractivity contribution in [1.29, 1.82) is 0 Å². The van der Waals surface area contributed by atoms with Crippen molar-refractivity contribution in [3.8, 4) is 16.9 Å². The molecule has 0 amide bonds. The summed E-state index contributed by atoms with van der Waals surface area (Å²) in [7, 11) is 0. The number of pyridine rings is 1. The summed E-state index contributed by atoms with van der Waals surface area (Å²) < 4.78 is 5.05. The third-order valence-electron chi connectivity index (χ3n) is 2.55. The van der Waals surface area contributed by atoms with Crippen molar-refractivity contribution in [3.05, 3.63) is 60.9 Å². The first-order chi connectivity index (χ1) is 8.70. The number of esters is 1. The number of hydrogen-bond donors (Lipinski definition) is 0. The van der Waals surface area contributed by atoms with Crippen LogP contribution in [0.25, 0.3) is 11.1 Å². The Balaban J connectivity index is 2.36. The van der Waals surface area contributed by atoms with Gasteiger partial charge >= 0.3 is 5.97 Å². The molecule has 0 atom stereocenters. The van der Waals surface area contributed by atoms with Gasteiger partial charge in [0.05, 0.1) is 6.20 Å². The highest BCUT2D eigenvalue weighted by Crippen LogP contribution is 2.25. The lowest BCUT2D eigenvalue weighted by molar-refractivity contribution is -0.128. The Hall–Kier alpha value is -2.42. The zero-order valence-corrected chi connectivity index (χ0v) is 10.1. The Labute approximate surface area is 106 Å². The van der Waals surface area contributed by atoms with Crippen LogP contribution in [-0.4, -0.2) is 11.0 Å². The van der Waals surface area contributed by atoms with E-state index in [1.165, 1.54) is 6.20 Å². The second-order valence-electron chi connectivity index (χ2n) is 3.85. The van der Waals surface area contributed by atoms with Crippen molar-refractivity contribution in [3.63, 3.8) is 0 Å². The molecule has 1 aromatic carbocycles. The lowest BCUT2D eigenvalue weighted by Crippen LogP contribution is -2.03. The van der Waals surface area contributed by atoms with Gasteiger partial charge in [0.15, 0.2) is 0 Å². The van der Waals surface area contributed by atoms with Crippen molar-refractivity contribution < 1.29 is 9.53 Å². The maximum atomic E-state index is 11.1. The van der Waals surface area contributed by atoms with Crippen molar-refractivity contribution >= 4 is 5.97 Å². The fraction of sp³-hybridized carbons (Fsp3) is 0.0667. The topological polar surface area (TPSA) is 39.2 Å². The van der Waals surface area contributed by atoms with E-state index in [9.17, 15) is 4.79 Å². The van der Waals surface area contributed by atoms with Crippen LogP contribution in [0.3, 0.4) is 0 Å². The summed E-state index contributed by atoms with van der Waals surface area (Å²) in [6.07, 6.45) is 4.37. The van der Waals surface area contributed by atoms with Crippen LogP contribution in [-0.2, 0) is 4.79 Å². The highest BCUT2D eigenvalue weighted by molar-refractivity contribution is 5.83. The molecule has 1 aromatic heterocycles. The second-order valence-corrected chi connectivity index (χ2v) is 3.85. The normalized spacial score (nSPS) is 9.83. The first kappa shape index (κ1) is 12.0. The number of rotatable bonds is 3. The molecule has 0 saturated heterocycles. The van der Waals surface area contributed by atoms with Crippen molar-refractivity contribution in [2.75, 3.05) is 0 Å². The van der Waals surface area contributed by atoms with Crippen LogP contribution >= 0.6 is 0 Å².